The quantitative estimate of drug-likeness (QED) is 0.691. The summed E-state index contributed by atoms with van der Waals surface area (Å²) in [5, 5.41) is 11.9. The Kier molecular flexibility index (Phi) is 5.36. The number of likely N-dealkylation sites (N-methyl/N-ethyl adjacent to an activating group) is 1. The summed E-state index contributed by atoms with van der Waals surface area (Å²) in [6.45, 7) is 3.60. The van der Waals surface area contributed by atoms with Crippen molar-refractivity contribution in [2.75, 3.05) is 29.9 Å². The molecule has 1 aromatic rings. The summed E-state index contributed by atoms with van der Waals surface area (Å²) in [6.07, 6.45) is 4.42. The molecule has 0 saturated carbocycles. The molecule has 1 amide bonds. The molecule has 0 aliphatic heterocycles. The minimum atomic E-state index is -0.138. The van der Waals surface area contributed by atoms with Crippen molar-refractivity contribution in [1.29, 1.82) is 0 Å². The van der Waals surface area contributed by atoms with Gasteiger partial charge in [-0.3, -0.25) is 4.79 Å². The number of nitrogens with one attached hydrogen (secondary N) is 1. The van der Waals surface area contributed by atoms with Crippen LogP contribution >= 0.6 is 0 Å². The number of anilines is 2. The zero-order valence-corrected chi connectivity index (χ0v) is 12.3. The molecule has 0 heterocycles. The van der Waals surface area contributed by atoms with Crippen LogP contribution in [0.5, 0.6) is 0 Å². The normalized spacial score (nSPS) is 20.5. The summed E-state index contributed by atoms with van der Waals surface area (Å²) >= 11 is 0. The monoisotopic (exact) mass is 289 g/mol. The van der Waals surface area contributed by atoms with Crippen LogP contribution < -0.4 is 16.0 Å². The largest absolute Gasteiger partial charge is 0.395 e. The first-order valence-electron chi connectivity index (χ1n) is 7.34. The fraction of sp³-hybridized carbons (Fsp3) is 0.438. The predicted molar refractivity (Wildman–Crippen MR) is 85.3 cm³/mol. The van der Waals surface area contributed by atoms with Gasteiger partial charge in [0.15, 0.2) is 0 Å². The Labute approximate surface area is 125 Å². The molecular weight excluding hydrogens is 266 g/mol. The van der Waals surface area contributed by atoms with Crippen molar-refractivity contribution in [1.82, 2.24) is 0 Å². The minimum absolute atomic E-state index is 0.0141. The molecule has 0 radical (unpaired) electrons. The van der Waals surface area contributed by atoms with Gasteiger partial charge in [-0.05, 0) is 37.6 Å². The van der Waals surface area contributed by atoms with Gasteiger partial charge >= 0.3 is 0 Å². The molecule has 0 fully saturated rings. The molecule has 0 spiro atoms. The second-order valence-electron chi connectivity index (χ2n) is 5.23. The predicted octanol–water partition coefficient (Wildman–Crippen LogP) is 1.35. The molecule has 114 valence electrons. The number of carbonyl (C=O) groups is 1. The van der Waals surface area contributed by atoms with E-state index in [9.17, 15) is 4.79 Å². The van der Waals surface area contributed by atoms with E-state index in [1.165, 1.54) is 0 Å². The van der Waals surface area contributed by atoms with Crippen molar-refractivity contribution in [3.05, 3.63) is 36.4 Å². The average molecular weight is 289 g/mol. The molecule has 1 aliphatic rings. The number of nitrogens with zero attached hydrogens (tertiary/aromatic N) is 1. The standard InChI is InChI=1S/C16H23N3O2/c1-2-19(9-10-20)15-7-5-14(6-8-15)18-16(21)12-3-4-13(17)11-12/h3-8,12-13,20H,2,9-11,17H2,1H3,(H,18,21). The maximum absolute atomic E-state index is 12.1. The first kappa shape index (κ1) is 15.5. The van der Waals surface area contributed by atoms with Crippen LogP contribution in [-0.4, -0.2) is 36.8 Å². The van der Waals surface area contributed by atoms with Crippen LogP contribution in [0.4, 0.5) is 11.4 Å². The van der Waals surface area contributed by atoms with Gasteiger partial charge in [0.25, 0.3) is 0 Å². The number of nitrogens with two attached hydrogens (primary N) is 1. The molecule has 0 bridgehead atoms. The van der Waals surface area contributed by atoms with Crippen molar-refractivity contribution in [3.8, 4) is 0 Å². The summed E-state index contributed by atoms with van der Waals surface area (Å²) in [7, 11) is 0. The number of rotatable bonds is 6. The number of aliphatic hydroxyl groups is 1. The van der Waals surface area contributed by atoms with Gasteiger partial charge in [0, 0.05) is 30.5 Å². The van der Waals surface area contributed by atoms with Crippen LogP contribution in [0.2, 0.25) is 0 Å². The van der Waals surface area contributed by atoms with Gasteiger partial charge < -0.3 is 21.1 Å². The molecule has 21 heavy (non-hydrogen) atoms. The highest BCUT2D eigenvalue weighted by Crippen LogP contribution is 2.21. The first-order valence-corrected chi connectivity index (χ1v) is 7.34. The molecule has 2 atom stereocenters. The number of aliphatic hydroxyl groups excluding tert-OH is 1. The van der Waals surface area contributed by atoms with Crippen LogP contribution in [0, 0.1) is 5.92 Å². The summed E-state index contributed by atoms with van der Waals surface area (Å²) in [5.74, 6) is -0.157. The molecule has 2 unspecified atom stereocenters. The molecule has 5 nitrogen and oxygen atoms in total. The Morgan fingerprint density at radius 1 is 1.38 bits per heavy atom. The Balaban J connectivity index is 1.96. The van der Waals surface area contributed by atoms with E-state index in [4.69, 9.17) is 10.8 Å². The molecule has 0 aromatic heterocycles. The molecule has 2 rings (SSSR count). The third-order valence-corrected chi connectivity index (χ3v) is 3.71. The van der Waals surface area contributed by atoms with Crippen LogP contribution in [0.25, 0.3) is 0 Å². The third kappa shape index (κ3) is 4.06. The lowest BCUT2D eigenvalue weighted by atomic mass is 10.1. The van der Waals surface area contributed by atoms with Crippen LogP contribution in [0.15, 0.2) is 36.4 Å². The second kappa shape index (κ2) is 7.24. The Morgan fingerprint density at radius 2 is 2.10 bits per heavy atom. The van der Waals surface area contributed by atoms with Crippen molar-refractivity contribution >= 4 is 17.3 Å². The van der Waals surface area contributed by atoms with E-state index in [2.05, 4.69) is 10.2 Å². The van der Waals surface area contributed by atoms with Crippen molar-refractivity contribution in [3.63, 3.8) is 0 Å². The van der Waals surface area contributed by atoms with E-state index in [1.54, 1.807) is 0 Å². The van der Waals surface area contributed by atoms with Gasteiger partial charge in [-0.1, -0.05) is 12.2 Å². The lowest BCUT2D eigenvalue weighted by molar-refractivity contribution is -0.118. The number of carbonyl (C=O) groups excluding carboxylic acids is 1. The van der Waals surface area contributed by atoms with E-state index in [0.717, 1.165) is 17.9 Å². The molecule has 1 aliphatic carbocycles. The number of hydrogen-bond acceptors (Lipinski definition) is 4. The Hall–Kier alpha value is -1.85. The average Bonchev–Trinajstić information content (AvgIpc) is 2.92. The Bertz CT molecular complexity index is 499. The molecule has 1 aromatic carbocycles. The van der Waals surface area contributed by atoms with Gasteiger partial charge in [-0.25, -0.2) is 0 Å². The maximum Gasteiger partial charge on any atom is 0.231 e. The SMILES string of the molecule is CCN(CCO)c1ccc(NC(=O)C2C=CC(N)C2)cc1. The molecule has 4 N–H and O–H groups in total. The minimum Gasteiger partial charge on any atom is -0.395 e. The van der Waals surface area contributed by atoms with Crippen LogP contribution in [0.1, 0.15) is 13.3 Å². The second-order valence-corrected chi connectivity index (χ2v) is 5.23. The summed E-state index contributed by atoms with van der Waals surface area (Å²) < 4.78 is 0. The van der Waals surface area contributed by atoms with Gasteiger partial charge in [0.1, 0.15) is 0 Å². The smallest absolute Gasteiger partial charge is 0.231 e. The molecule has 0 saturated heterocycles. The van der Waals surface area contributed by atoms with E-state index >= 15 is 0 Å². The number of hydrogen-bond donors (Lipinski definition) is 3. The topological polar surface area (TPSA) is 78.6 Å². The van der Waals surface area contributed by atoms with Crippen molar-refractivity contribution < 1.29 is 9.90 Å². The highest BCUT2D eigenvalue weighted by atomic mass is 16.3. The number of benzene rings is 1. The van der Waals surface area contributed by atoms with E-state index in [1.807, 2.05) is 43.3 Å². The molecule has 5 heteroatoms. The summed E-state index contributed by atoms with van der Waals surface area (Å²) in [4.78, 5) is 14.2. The van der Waals surface area contributed by atoms with E-state index in [0.29, 0.717) is 13.0 Å². The highest BCUT2D eigenvalue weighted by Gasteiger charge is 2.22. The van der Waals surface area contributed by atoms with E-state index in [-0.39, 0.29) is 24.5 Å². The zero-order valence-electron chi connectivity index (χ0n) is 12.3. The first-order chi connectivity index (χ1) is 10.1. The highest BCUT2D eigenvalue weighted by molar-refractivity contribution is 5.94. The lowest BCUT2D eigenvalue weighted by Crippen LogP contribution is -2.26. The summed E-state index contributed by atoms with van der Waals surface area (Å²) in [6, 6.07) is 7.65. The van der Waals surface area contributed by atoms with Crippen LogP contribution in [-0.2, 0) is 4.79 Å². The van der Waals surface area contributed by atoms with Crippen molar-refractivity contribution in [2.24, 2.45) is 11.7 Å². The van der Waals surface area contributed by atoms with Gasteiger partial charge in [0.2, 0.25) is 5.91 Å². The fourth-order valence-electron chi connectivity index (χ4n) is 2.50. The summed E-state index contributed by atoms with van der Waals surface area (Å²) in [5.41, 5.74) is 7.57. The van der Waals surface area contributed by atoms with Gasteiger partial charge in [-0.15, -0.1) is 0 Å². The zero-order chi connectivity index (χ0) is 15.2. The van der Waals surface area contributed by atoms with Crippen molar-refractivity contribution in [2.45, 2.75) is 19.4 Å². The third-order valence-electron chi connectivity index (χ3n) is 3.71. The van der Waals surface area contributed by atoms with Crippen LogP contribution in [0.3, 0.4) is 0 Å². The maximum atomic E-state index is 12.1. The van der Waals surface area contributed by atoms with Gasteiger partial charge in [-0.2, -0.15) is 0 Å². The Morgan fingerprint density at radius 3 is 2.62 bits per heavy atom. The molecular formula is C16H23N3O2. The van der Waals surface area contributed by atoms with E-state index < -0.39 is 0 Å². The van der Waals surface area contributed by atoms with Gasteiger partial charge in [0.05, 0.1) is 12.5 Å². The number of amides is 1. The lowest BCUT2D eigenvalue weighted by Gasteiger charge is -2.22. The fourth-order valence-corrected chi connectivity index (χ4v) is 2.50.